The molecule has 0 atom stereocenters. The van der Waals surface area contributed by atoms with Crippen molar-refractivity contribution in [3.63, 3.8) is 0 Å². The van der Waals surface area contributed by atoms with Gasteiger partial charge in [-0.2, -0.15) is 4.98 Å². The van der Waals surface area contributed by atoms with E-state index < -0.39 is 0 Å². The van der Waals surface area contributed by atoms with Crippen LogP contribution < -0.4 is 15.8 Å². The van der Waals surface area contributed by atoms with Crippen molar-refractivity contribution >= 4 is 22.8 Å². The molecule has 0 saturated heterocycles. The van der Waals surface area contributed by atoms with E-state index >= 15 is 0 Å². The zero-order valence-electron chi connectivity index (χ0n) is 16.3. The third-order valence-electron chi connectivity index (χ3n) is 4.40. The summed E-state index contributed by atoms with van der Waals surface area (Å²) in [5, 5.41) is 8.31. The van der Waals surface area contributed by atoms with Crippen LogP contribution in [0.5, 0.6) is 5.75 Å². The molecule has 0 aliphatic carbocycles. The van der Waals surface area contributed by atoms with Crippen molar-refractivity contribution in [1.29, 1.82) is 0 Å². The van der Waals surface area contributed by atoms with Crippen LogP contribution >= 0.6 is 0 Å². The summed E-state index contributed by atoms with van der Waals surface area (Å²) in [6, 6.07) is 13.7. The maximum Gasteiger partial charge on any atom is 0.225 e. The fraction of sp³-hybridized carbons (Fsp3) is 0.190. The first-order valence-corrected chi connectivity index (χ1v) is 9.20. The maximum atomic E-state index is 13.8. The van der Waals surface area contributed by atoms with Crippen LogP contribution in [0.1, 0.15) is 13.8 Å². The lowest BCUT2D eigenvalue weighted by Gasteiger charge is -2.12. The largest absolute Gasteiger partial charge is 0.496 e. The number of halogens is 1. The lowest BCUT2D eigenvalue weighted by Crippen LogP contribution is -2.13. The molecule has 4 aromatic rings. The van der Waals surface area contributed by atoms with Crippen LogP contribution in [0.25, 0.3) is 28.0 Å². The molecule has 0 bridgehead atoms. The number of para-hydroxylation sites is 1. The Balaban J connectivity index is 2.02. The van der Waals surface area contributed by atoms with Gasteiger partial charge in [0.15, 0.2) is 5.65 Å². The van der Waals surface area contributed by atoms with Crippen LogP contribution in [0.4, 0.5) is 16.2 Å². The Morgan fingerprint density at radius 2 is 1.90 bits per heavy atom. The van der Waals surface area contributed by atoms with Gasteiger partial charge in [-0.1, -0.05) is 18.2 Å². The summed E-state index contributed by atoms with van der Waals surface area (Å²) >= 11 is 0. The number of nitrogens with one attached hydrogen (secondary N) is 1. The van der Waals surface area contributed by atoms with Gasteiger partial charge in [-0.15, -0.1) is 5.10 Å². The van der Waals surface area contributed by atoms with E-state index in [9.17, 15) is 4.39 Å². The van der Waals surface area contributed by atoms with E-state index in [-0.39, 0.29) is 11.9 Å². The first-order valence-electron chi connectivity index (χ1n) is 9.20. The topological polar surface area (TPSA) is 90.9 Å². The van der Waals surface area contributed by atoms with Crippen LogP contribution in [0, 0.1) is 5.82 Å². The number of nitrogen functional groups attached to an aromatic ring is 1. The number of rotatable bonds is 5. The van der Waals surface area contributed by atoms with Gasteiger partial charge in [0.1, 0.15) is 17.4 Å². The molecule has 0 saturated carbocycles. The van der Waals surface area contributed by atoms with Crippen molar-refractivity contribution in [1.82, 2.24) is 19.7 Å². The molecule has 29 heavy (non-hydrogen) atoms. The molecule has 0 aliphatic heterocycles. The molecular formula is C21H21FN6O. The molecule has 148 valence electrons. The second kappa shape index (κ2) is 7.38. The number of anilines is 2. The minimum Gasteiger partial charge on any atom is -0.496 e. The Morgan fingerprint density at radius 1 is 1.10 bits per heavy atom. The van der Waals surface area contributed by atoms with Crippen molar-refractivity contribution in [3.05, 3.63) is 54.3 Å². The second-order valence-electron chi connectivity index (χ2n) is 6.87. The van der Waals surface area contributed by atoms with Gasteiger partial charge < -0.3 is 15.8 Å². The lowest BCUT2D eigenvalue weighted by atomic mass is 10.1. The third-order valence-corrected chi connectivity index (χ3v) is 4.40. The predicted molar refractivity (Wildman–Crippen MR) is 112 cm³/mol. The number of aromatic nitrogens is 4. The van der Waals surface area contributed by atoms with Gasteiger partial charge in [-0.3, -0.25) is 0 Å². The second-order valence-corrected chi connectivity index (χ2v) is 6.87. The SMILES string of the molecule is COc1ccccc1-c1nc(NC(C)C)nc2nn(-c3cccc(F)c3)c(N)c12. The molecule has 2 aromatic heterocycles. The summed E-state index contributed by atoms with van der Waals surface area (Å²) in [6.07, 6.45) is 0. The Kier molecular flexibility index (Phi) is 4.75. The van der Waals surface area contributed by atoms with E-state index in [0.29, 0.717) is 39.9 Å². The quantitative estimate of drug-likeness (QED) is 0.533. The molecule has 0 radical (unpaired) electrons. The number of methoxy groups -OCH3 is 1. The summed E-state index contributed by atoms with van der Waals surface area (Å²) in [7, 11) is 1.60. The van der Waals surface area contributed by atoms with Crippen LogP contribution in [0.2, 0.25) is 0 Å². The molecule has 4 rings (SSSR count). The molecular weight excluding hydrogens is 371 g/mol. The van der Waals surface area contributed by atoms with Crippen molar-refractivity contribution in [2.75, 3.05) is 18.2 Å². The predicted octanol–water partition coefficient (Wildman–Crippen LogP) is 4.03. The van der Waals surface area contributed by atoms with E-state index in [4.69, 9.17) is 15.5 Å². The maximum absolute atomic E-state index is 13.8. The highest BCUT2D eigenvalue weighted by molar-refractivity contribution is 6.00. The molecule has 3 N–H and O–H groups in total. The molecule has 0 unspecified atom stereocenters. The average Bonchev–Trinajstić information content (AvgIpc) is 3.03. The van der Waals surface area contributed by atoms with Gasteiger partial charge in [0.05, 0.1) is 23.9 Å². The molecule has 8 heteroatoms. The van der Waals surface area contributed by atoms with Crippen molar-refractivity contribution in [2.45, 2.75) is 19.9 Å². The Bertz CT molecular complexity index is 1190. The Morgan fingerprint density at radius 3 is 2.62 bits per heavy atom. The van der Waals surface area contributed by atoms with Gasteiger partial charge in [0.25, 0.3) is 0 Å². The molecule has 0 fully saturated rings. The van der Waals surface area contributed by atoms with E-state index in [1.807, 2.05) is 38.1 Å². The van der Waals surface area contributed by atoms with Crippen LogP contribution in [-0.2, 0) is 0 Å². The number of hydrogen-bond donors (Lipinski definition) is 2. The average molecular weight is 392 g/mol. The van der Waals surface area contributed by atoms with Crippen LogP contribution in [0.15, 0.2) is 48.5 Å². The fourth-order valence-corrected chi connectivity index (χ4v) is 3.17. The summed E-state index contributed by atoms with van der Waals surface area (Å²) < 4.78 is 20.7. The van der Waals surface area contributed by atoms with Gasteiger partial charge >= 0.3 is 0 Å². The molecule has 0 aliphatic rings. The number of hydrogen-bond acceptors (Lipinski definition) is 6. The van der Waals surface area contributed by atoms with Crippen LogP contribution in [-0.4, -0.2) is 32.9 Å². The zero-order chi connectivity index (χ0) is 20.5. The van der Waals surface area contributed by atoms with E-state index in [2.05, 4.69) is 15.4 Å². The number of nitrogens with two attached hydrogens (primary N) is 1. The number of benzene rings is 2. The molecule has 2 aromatic carbocycles. The normalized spacial score (nSPS) is 11.2. The number of fused-ring (bicyclic) bond motifs is 1. The highest BCUT2D eigenvalue weighted by atomic mass is 19.1. The smallest absolute Gasteiger partial charge is 0.225 e. The van der Waals surface area contributed by atoms with Crippen molar-refractivity contribution in [2.24, 2.45) is 0 Å². The van der Waals surface area contributed by atoms with Gasteiger partial charge in [-0.05, 0) is 44.2 Å². The first kappa shape index (κ1) is 18.7. The lowest BCUT2D eigenvalue weighted by molar-refractivity contribution is 0.416. The zero-order valence-corrected chi connectivity index (χ0v) is 16.3. The summed E-state index contributed by atoms with van der Waals surface area (Å²) in [6.45, 7) is 3.99. The van der Waals surface area contributed by atoms with Crippen molar-refractivity contribution < 1.29 is 9.13 Å². The summed E-state index contributed by atoms with van der Waals surface area (Å²) in [5.74, 6) is 1.03. The highest BCUT2D eigenvalue weighted by Gasteiger charge is 2.21. The van der Waals surface area contributed by atoms with E-state index in [1.165, 1.54) is 16.8 Å². The van der Waals surface area contributed by atoms with E-state index in [0.717, 1.165) is 5.56 Å². The van der Waals surface area contributed by atoms with Crippen LogP contribution in [0.3, 0.4) is 0 Å². The van der Waals surface area contributed by atoms with Gasteiger partial charge in [-0.25, -0.2) is 14.1 Å². The molecule has 2 heterocycles. The van der Waals surface area contributed by atoms with E-state index in [1.54, 1.807) is 19.2 Å². The monoisotopic (exact) mass is 392 g/mol. The summed E-state index contributed by atoms with van der Waals surface area (Å²) in [4.78, 5) is 9.21. The third kappa shape index (κ3) is 3.44. The molecule has 7 nitrogen and oxygen atoms in total. The minimum atomic E-state index is -0.375. The summed E-state index contributed by atoms with van der Waals surface area (Å²) in [5.41, 5.74) is 8.71. The number of ether oxygens (including phenoxy) is 1. The van der Waals surface area contributed by atoms with Gasteiger partial charge in [0.2, 0.25) is 5.95 Å². The fourth-order valence-electron chi connectivity index (χ4n) is 3.17. The first-order chi connectivity index (χ1) is 14.0. The highest BCUT2D eigenvalue weighted by Crippen LogP contribution is 2.37. The molecule has 0 amide bonds. The van der Waals surface area contributed by atoms with Gasteiger partial charge in [0, 0.05) is 11.6 Å². The number of nitrogens with zero attached hydrogens (tertiary/aromatic N) is 4. The molecule has 0 spiro atoms. The Hall–Kier alpha value is -3.68. The standard InChI is InChI=1S/C21H21FN6O/c1-12(2)24-21-25-18(15-9-4-5-10-16(15)29-3)17-19(23)28(27-20(17)26-21)14-8-6-7-13(22)11-14/h4-12H,23H2,1-3H3,(H,24,26,27). The minimum absolute atomic E-state index is 0.126. The van der Waals surface area contributed by atoms with Crippen molar-refractivity contribution in [3.8, 4) is 22.7 Å². The Labute approximate surface area is 167 Å².